The summed E-state index contributed by atoms with van der Waals surface area (Å²) in [5.74, 6) is -2.79. The van der Waals surface area contributed by atoms with E-state index in [1.54, 1.807) is 13.0 Å². The molecule has 1 fully saturated rings. The minimum atomic E-state index is -1.37. The maximum atomic E-state index is 13.1. The largest absolute Gasteiger partial charge is 0.507 e. The first-order valence-electron chi connectivity index (χ1n) is 9.55. The number of ketones is 2. The molecular formula is C22H20O7. The molecule has 0 bridgehead atoms. The Morgan fingerprint density at radius 3 is 2.41 bits per heavy atom. The molecule has 3 N–H and O–H groups in total. The number of hydrogen-bond acceptors (Lipinski definition) is 7. The Kier molecular flexibility index (Phi) is 3.71. The third-order valence-electron chi connectivity index (χ3n) is 6.44. The number of fused-ring (bicyclic) bond motifs is 3. The standard InChI is InChI=1S/C22H20O7/c1-21(28-7-8-29-21)22(27)6-5-11-9-13-17(20(26)14(11)10-22)18(24)12-3-2-4-15(23)16(12)19(13)25/h2-4,9,23,26-27H,5-8,10H2,1H3. The van der Waals surface area contributed by atoms with Crippen LogP contribution in [0, 0.1) is 0 Å². The van der Waals surface area contributed by atoms with Crippen molar-refractivity contribution in [2.75, 3.05) is 13.2 Å². The van der Waals surface area contributed by atoms with Crippen molar-refractivity contribution < 1.29 is 34.4 Å². The van der Waals surface area contributed by atoms with Gasteiger partial charge in [-0.1, -0.05) is 12.1 Å². The monoisotopic (exact) mass is 396 g/mol. The highest BCUT2D eigenvalue weighted by molar-refractivity contribution is 6.30. The molecule has 1 atom stereocenters. The summed E-state index contributed by atoms with van der Waals surface area (Å²) < 4.78 is 11.3. The van der Waals surface area contributed by atoms with E-state index in [0.717, 1.165) is 0 Å². The van der Waals surface area contributed by atoms with Crippen LogP contribution in [-0.4, -0.2) is 51.5 Å². The fraction of sp³-hybridized carbons (Fsp3) is 0.364. The Labute approximate surface area is 166 Å². The lowest BCUT2D eigenvalue weighted by molar-refractivity contribution is -0.262. The number of rotatable bonds is 1. The second-order valence-electron chi connectivity index (χ2n) is 7.99. The molecule has 0 aromatic heterocycles. The van der Waals surface area contributed by atoms with Crippen LogP contribution in [0.1, 0.15) is 56.3 Å². The van der Waals surface area contributed by atoms with Crippen LogP contribution in [0.4, 0.5) is 0 Å². The number of phenolic OH excluding ortho intramolecular Hbond substituents is 2. The van der Waals surface area contributed by atoms with E-state index in [0.29, 0.717) is 37.2 Å². The van der Waals surface area contributed by atoms with Gasteiger partial charge in [-0.25, -0.2) is 0 Å². The van der Waals surface area contributed by atoms with Crippen LogP contribution in [-0.2, 0) is 22.3 Å². The molecule has 3 aliphatic rings. The number of aliphatic hydroxyl groups is 1. The average Bonchev–Trinajstić information content (AvgIpc) is 3.15. The fourth-order valence-electron chi connectivity index (χ4n) is 4.72. The van der Waals surface area contributed by atoms with Gasteiger partial charge in [0.1, 0.15) is 17.1 Å². The van der Waals surface area contributed by atoms with Crippen LogP contribution < -0.4 is 0 Å². The lowest BCUT2D eigenvalue weighted by Gasteiger charge is -2.44. The lowest BCUT2D eigenvalue weighted by atomic mass is 9.72. The normalized spacial score (nSPS) is 24.8. The molecule has 29 heavy (non-hydrogen) atoms. The first kappa shape index (κ1) is 18.3. The fourth-order valence-corrected chi connectivity index (χ4v) is 4.72. The number of aryl methyl sites for hydroxylation is 1. The van der Waals surface area contributed by atoms with E-state index in [2.05, 4.69) is 0 Å². The van der Waals surface area contributed by atoms with Crippen LogP contribution in [0.25, 0.3) is 0 Å². The van der Waals surface area contributed by atoms with Gasteiger partial charge in [0, 0.05) is 23.1 Å². The van der Waals surface area contributed by atoms with Crippen molar-refractivity contribution >= 4 is 11.6 Å². The molecule has 2 aromatic carbocycles. The molecule has 0 radical (unpaired) electrons. The zero-order chi connectivity index (χ0) is 20.6. The summed E-state index contributed by atoms with van der Waals surface area (Å²) in [4.78, 5) is 26.0. The second-order valence-corrected chi connectivity index (χ2v) is 7.99. The highest BCUT2D eigenvalue weighted by atomic mass is 16.7. The smallest absolute Gasteiger partial charge is 0.198 e. The minimum absolute atomic E-state index is 0.0340. The van der Waals surface area contributed by atoms with Crippen LogP contribution in [0.15, 0.2) is 24.3 Å². The van der Waals surface area contributed by atoms with Crippen LogP contribution >= 0.6 is 0 Å². The summed E-state index contributed by atoms with van der Waals surface area (Å²) >= 11 is 0. The van der Waals surface area contributed by atoms with Gasteiger partial charge in [0.15, 0.2) is 17.4 Å². The van der Waals surface area contributed by atoms with Crippen LogP contribution in [0.5, 0.6) is 11.5 Å². The number of hydrogen-bond donors (Lipinski definition) is 3. The van der Waals surface area contributed by atoms with Crippen molar-refractivity contribution in [3.8, 4) is 11.5 Å². The molecular weight excluding hydrogens is 376 g/mol. The molecule has 1 aliphatic heterocycles. The Hall–Kier alpha value is -2.74. The summed E-state index contributed by atoms with van der Waals surface area (Å²) in [7, 11) is 0. The summed E-state index contributed by atoms with van der Waals surface area (Å²) in [6.45, 7) is 2.42. The van der Waals surface area contributed by atoms with E-state index in [9.17, 15) is 24.9 Å². The van der Waals surface area contributed by atoms with Gasteiger partial charge in [-0.3, -0.25) is 9.59 Å². The Morgan fingerprint density at radius 2 is 1.69 bits per heavy atom. The van der Waals surface area contributed by atoms with E-state index in [1.165, 1.54) is 18.2 Å². The van der Waals surface area contributed by atoms with E-state index in [-0.39, 0.29) is 40.2 Å². The second kappa shape index (κ2) is 5.89. The maximum absolute atomic E-state index is 13.1. The van der Waals surface area contributed by atoms with Crippen molar-refractivity contribution in [1.82, 2.24) is 0 Å². The van der Waals surface area contributed by atoms with Gasteiger partial charge in [0.2, 0.25) is 0 Å². The number of ether oxygens (including phenoxy) is 2. The van der Waals surface area contributed by atoms with E-state index in [1.807, 2.05) is 0 Å². The molecule has 150 valence electrons. The van der Waals surface area contributed by atoms with E-state index in [4.69, 9.17) is 9.47 Å². The van der Waals surface area contributed by atoms with Crippen molar-refractivity contribution in [2.24, 2.45) is 0 Å². The van der Waals surface area contributed by atoms with Gasteiger partial charge in [-0.2, -0.15) is 0 Å². The number of benzene rings is 2. The zero-order valence-corrected chi connectivity index (χ0v) is 15.8. The number of phenols is 2. The first-order chi connectivity index (χ1) is 13.8. The summed E-state index contributed by atoms with van der Waals surface area (Å²) in [6.07, 6.45) is 0.731. The van der Waals surface area contributed by atoms with Gasteiger partial charge >= 0.3 is 0 Å². The quantitative estimate of drug-likeness (QED) is 0.575. The van der Waals surface area contributed by atoms with E-state index < -0.39 is 23.0 Å². The maximum Gasteiger partial charge on any atom is 0.198 e. The minimum Gasteiger partial charge on any atom is -0.507 e. The third-order valence-corrected chi connectivity index (χ3v) is 6.44. The van der Waals surface area contributed by atoms with Crippen molar-refractivity contribution in [3.05, 3.63) is 57.6 Å². The highest BCUT2D eigenvalue weighted by Gasteiger charge is 2.53. The van der Waals surface area contributed by atoms with Gasteiger partial charge in [0.05, 0.1) is 24.3 Å². The summed E-state index contributed by atoms with van der Waals surface area (Å²) in [5.41, 5.74) is -0.273. The van der Waals surface area contributed by atoms with Gasteiger partial charge in [-0.15, -0.1) is 0 Å². The molecule has 2 aliphatic carbocycles. The van der Waals surface area contributed by atoms with Gasteiger partial charge in [0.25, 0.3) is 0 Å². The summed E-state index contributed by atoms with van der Waals surface area (Å²) in [5, 5.41) is 32.4. The first-order valence-corrected chi connectivity index (χ1v) is 9.55. The predicted octanol–water partition coefficient (Wildman–Crippen LogP) is 1.86. The van der Waals surface area contributed by atoms with E-state index >= 15 is 0 Å². The van der Waals surface area contributed by atoms with Crippen molar-refractivity contribution in [1.29, 1.82) is 0 Å². The third kappa shape index (κ3) is 2.35. The molecule has 2 aromatic rings. The highest BCUT2D eigenvalue weighted by Crippen LogP contribution is 2.46. The molecule has 1 saturated heterocycles. The molecule has 7 heteroatoms. The molecule has 0 amide bonds. The van der Waals surface area contributed by atoms with Crippen molar-refractivity contribution in [3.63, 3.8) is 0 Å². The Bertz CT molecular complexity index is 1080. The number of aromatic hydroxyl groups is 2. The SMILES string of the molecule is CC1(C2(O)CCc3cc4c(c(O)c3C2)C(=O)c2cccc(O)c2C4=O)OCCO1. The summed E-state index contributed by atoms with van der Waals surface area (Å²) in [6, 6.07) is 5.89. The lowest BCUT2D eigenvalue weighted by Crippen LogP contribution is -2.56. The Balaban J connectivity index is 1.65. The predicted molar refractivity (Wildman–Crippen MR) is 100 cm³/mol. The number of carbonyl (C=O) groups is 2. The molecule has 1 unspecified atom stereocenters. The topological polar surface area (TPSA) is 113 Å². The average molecular weight is 396 g/mol. The van der Waals surface area contributed by atoms with Crippen molar-refractivity contribution in [2.45, 2.75) is 37.6 Å². The van der Waals surface area contributed by atoms with Crippen LogP contribution in [0.2, 0.25) is 0 Å². The van der Waals surface area contributed by atoms with Gasteiger partial charge in [-0.05, 0) is 37.5 Å². The number of carbonyl (C=O) groups excluding carboxylic acids is 2. The molecule has 0 spiro atoms. The van der Waals surface area contributed by atoms with Gasteiger partial charge < -0.3 is 24.8 Å². The molecule has 7 nitrogen and oxygen atoms in total. The van der Waals surface area contributed by atoms with Crippen LogP contribution in [0.3, 0.4) is 0 Å². The Morgan fingerprint density at radius 1 is 1.00 bits per heavy atom. The zero-order valence-electron chi connectivity index (χ0n) is 15.8. The molecule has 1 heterocycles. The molecule has 0 saturated carbocycles. The molecule has 5 rings (SSSR count).